The Hall–Kier alpha value is -1.81. The molecule has 4 saturated heterocycles. The third kappa shape index (κ3) is 2.52. The Kier molecular flexibility index (Phi) is 3.62. The van der Waals surface area contributed by atoms with E-state index in [0.717, 1.165) is 63.5 Å². The normalized spacial score (nSPS) is 24.4. The summed E-state index contributed by atoms with van der Waals surface area (Å²) in [6, 6.07) is 8.54. The van der Waals surface area contributed by atoms with Crippen molar-refractivity contribution in [1.82, 2.24) is 4.90 Å². The number of rotatable bonds is 2. The van der Waals surface area contributed by atoms with Crippen LogP contribution in [0.2, 0.25) is 0 Å². The summed E-state index contributed by atoms with van der Waals surface area (Å²) >= 11 is 0. The average molecular weight is 298 g/mol. The van der Waals surface area contributed by atoms with Gasteiger partial charge in [-0.2, -0.15) is 0 Å². The molecule has 0 aliphatic carbocycles. The van der Waals surface area contributed by atoms with Gasteiger partial charge in [-0.15, -0.1) is 0 Å². The Labute approximate surface area is 131 Å². The summed E-state index contributed by atoms with van der Waals surface area (Å²) in [5, 5.41) is 0. The molecule has 2 bridgehead atoms. The maximum atomic E-state index is 12.4. The van der Waals surface area contributed by atoms with Crippen LogP contribution in [0.15, 0.2) is 30.0 Å². The molecule has 0 unspecified atom stereocenters. The Morgan fingerprint density at radius 1 is 0.955 bits per heavy atom. The second-order valence-electron chi connectivity index (χ2n) is 6.35. The fraction of sp³-hybridized carbons (Fsp3) is 0.500. The topological polar surface area (TPSA) is 32.8 Å². The summed E-state index contributed by atoms with van der Waals surface area (Å²) in [6.07, 6.45) is 4.13. The van der Waals surface area contributed by atoms with Gasteiger partial charge in [-0.1, -0.05) is 12.1 Å². The van der Waals surface area contributed by atoms with E-state index in [9.17, 15) is 4.79 Å². The zero-order valence-electron chi connectivity index (χ0n) is 12.8. The van der Waals surface area contributed by atoms with Gasteiger partial charge >= 0.3 is 0 Å². The molecule has 0 spiro atoms. The van der Waals surface area contributed by atoms with Crippen LogP contribution >= 0.6 is 0 Å². The number of ketones is 1. The maximum Gasteiger partial charge on any atom is 0.182 e. The second-order valence-corrected chi connectivity index (χ2v) is 6.35. The largest absolute Gasteiger partial charge is 0.378 e. The SMILES string of the molecule is O=C1C(=Cc2ccc(N3CCOCC3)cc2)N2CCC1CC2. The van der Waals surface area contributed by atoms with Gasteiger partial charge in [0.2, 0.25) is 0 Å². The van der Waals surface area contributed by atoms with Gasteiger partial charge in [-0.05, 0) is 36.6 Å². The first-order chi connectivity index (χ1) is 10.8. The van der Waals surface area contributed by atoms with Gasteiger partial charge < -0.3 is 14.5 Å². The number of hydrogen-bond donors (Lipinski definition) is 0. The van der Waals surface area contributed by atoms with Crippen molar-refractivity contribution < 1.29 is 9.53 Å². The number of anilines is 1. The Morgan fingerprint density at radius 2 is 1.64 bits per heavy atom. The number of nitrogens with zero attached hydrogens (tertiary/aromatic N) is 2. The molecule has 0 aromatic heterocycles. The highest BCUT2D eigenvalue weighted by atomic mass is 16.5. The molecule has 22 heavy (non-hydrogen) atoms. The van der Waals surface area contributed by atoms with Crippen LogP contribution < -0.4 is 4.90 Å². The summed E-state index contributed by atoms with van der Waals surface area (Å²) in [4.78, 5) is 17.0. The van der Waals surface area contributed by atoms with E-state index in [0.29, 0.717) is 5.78 Å². The lowest BCUT2D eigenvalue weighted by Gasteiger charge is -2.41. The van der Waals surface area contributed by atoms with Gasteiger partial charge in [-0.3, -0.25) is 4.79 Å². The van der Waals surface area contributed by atoms with Crippen molar-refractivity contribution in [2.75, 3.05) is 44.3 Å². The van der Waals surface area contributed by atoms with Crippen molar-refractivity contribution >= 4 is 17.5 Å². The molecule has 4 heterocycles. The number of benzene rings is 1. The van der Waals surface area contributed by atoms with Crippen molar-refractivity contribution in [1.29, 1.82) is 0 Å². The van der Waals surface area contributed by atoms with Gasteiger partial charge in [-0.25, -0.2) is 0 Å². The number of allylic oxidation sites excluding steroid dienone is 1. The van der Waals surface area contributed by atoms with Crippen LogP contribution in [0.3, 0.4) is 0 Å². The molecule has 116 valence electrons. The highest BCUT2D eigenvalue weighted by Gasteiger charge is 2.36. The lowest BCUT2D eigenvalue weighted by atomic mass is 9.84. The molecule has 0 N–H and O–H groups in total. The van der Waals surface area contributed by atoms with Gasteiger partial charge in [0.25, 0.3) is 0 Å². The molecular weight excluding hydrogens is 276 g/mol. The molecule has 1 aromatic carbocycles. The maximum absolute atomic E-state index is 12.4. The molecule has 0 atom stereocenters. The van der Waals surface area contributed by atoms with Crippen LogP contribution in [0.25, 0.3) is 6.08 Å². The molecule has 0 saturated carbocycles. The van der Waals surface area contributed by atoms with Gasteiger partial charge in [0.15, 0.2) is 5.78 Å². The summed E-state index contributed by atoms with van der Waals surface area (Å²) in [7, 11) is 0. The highest BCUT2D eigenvalue weighted by Crippen LogP contribution is 2.32. The zero-order chi connectivity index (χ0) is 14.9. The Morgan fingerprint density at radius 3 is 2.27 bits per heavy atom. The number of ether oxygens (including phenoxy) is 1. The first-order valence-corrected chi connectivity index (χ1v) is 8.25. The number of hydrogen-bond acceptors (Lipinski definition) is 4. The summed E-state index contributed by atoms with van der Waals surface area (Å²) in [5.74, 6) is 0.610. The minimum atomic E-state index is 0.267. The van der Waals surface area contributed by atoms with Crippen LogP contribution in [-0.4, -0.2) is 50.1 Å². The lowest BCUT2D eigenvalue weighted by Crippen LogP contribution is -2.45. The first-order valence-electron chi connectivity index (χ1n) is 8.25. The smallest absolute Gasteiger partial charge is 0.182 e. The number of morpholine rings is 1. The minimum Gasteiger partial charge on any atom is -0.378 e. The van der Waals surface area contributed by atoms with Crippen molar-refractivity contribution in [2.45, 2.75) is 12.8 Å². The molecule has 4 nitrogen and oxygen atoms in total. The van der Waals surface area contributed by atoms with E-state index in [-0.39, 0.29) is 5.92 Å². The van der Waals surface area contributed by atoms with E-state index in [1.807, 2.05) is 0 Å². The van der Waals surface area contributed by atoms with E-state index in [2.05, 4.69) is 40.1 Å². The van der Waals surface area contributed by atoms with Crippen LogP contribution in [0.4, 0.5) is 5.69 Å². The number of Topliss-reactive ketones (excluding diaryl/α,β-unsaturated/α-hetero) is 1. The number of carbonyl (C=O) groups excluding carboxylic acids is 1. The molecule has 4 aliphatic heterocycles. The van der Waals surface area contributed by atoms with E-state index >= 15 is 0 Å². The third-order valence-corrected chi connectivity index (χ3v) is 5.03. The molecule has 4 heteroatoms. The van der Waals surface area contributed by atoms with Gasteiger partial charge in [0, 0.05) is 37.8 Å². The molecule has 0 radical (unpaired) electrons. The Balaban J connectivity index is 1.53. The fourth-order valence-electron chi connectivity index (χ4n) is 3.67. The molecule has 4 fully saturated rings. The van der Waals surface area contributed by atoms with E-state index in [1.165, 1.54) is 5.69 Å². The molecule has 4 aliphatic rings. The van der Waals surface area contributed by atoms with E-state index in [4.69, 9.17) is 4.74 Å². The van der Waals surface area contributed by atoms with Gasteiger partial charge in [0.05, 0.1) is 18.9 Å². The minimum absolute atomic E-state index is 0.267. The molecular formula is C18H22N2O2. The summed E-state index contributed by atoms with van der Waals surface area (Å²) in [5.41, 5.74) is 3.27. The zero-order valence-corrected chi connectivity index (χ0v) is 12.8. The molecule has 0 amide bonds. The highest BCUT2D eigenvalue weighted by molar-refractivity contribution is 6.01. The monoisotopic (exact) mass is 298 g/mol. The summed E-state index contributed by atoms with van der Waals surface area (Å²) < 4.78 is 5.39. The van der Waals surface area contributed by atoms with E-state index < -0.39 is 0 Å². The number of carbonyl (C=O) groups is 1. The quantitative estimate of drug-likeness (QED) is 0.783. The average Bonchev–Trinajstić information content (AvgIpc) is 2.60. The molecule has 5 rings (SSSR count). The van der Waals surface area contributed by atoms with Crippen molar-refractivity contribution in [2.24, 2.45) is 5.92 Å². The van der Waals surface area contributed by atoms with Crippen molar-refractivity contribution in [3.05, 3.63) is 35.5 Å². The van der Waals surface area contributed by atoms with Crippen LogP contribution in [0.1, 0.15) is 18.4 Å². The fourth-order valence-corrected chi connectivity index (χ4v) is 3.67. The number of fused-ring (bicyclic) bond motifs is 3. The van der Waals surface area contributed by atoms with Crippen LogP contribution in [-0.2, 0) is 9.53 Å². The standard InChI is InChI=1S/C18H22N2O2/c21-18-15-5-7-20(8-6-15)17(18)13-14-1-3-16(4-2-14)19-9-11-22-12-10-19/h1-4,13,15H,5-12H2. The van der Waals surface area contributed by atoms with E-state index in [1.54, 1.807) is 0 Å². The van der Waals surface area contributed by atoms with Crippen LogP contribution in [0, 0.1) is 5.92 Å². The third-order valence-electron chi connectivity index (χ3n) is 5.03. The number of piperidine rings is 3. The lowest BCUT2D eigenvalue weighted by molar-refractivity contribution is -0.125. The predicted octanol–water partition coefficient (Wildman–Crippen LogP) is 2.16. The predicted molar refractivity (Wildman–Crippen MR) is 86.8 cm³/mol. The summed E-state index contributed by atoms with van der Waals surface area (Å²) in [6.45, 7) is 5.58. The van der Waals surface area contributed by atoms with Crippen LogP contribution in [0.5, 0.6) is 0 Å². The Bertz CT molecular complexity index is 580. The first kappa shape index (κ1) is 13.8. The van der Waals surface area contributed by atoms with Gasteiger partial charge in [0.1, 0.15) is 0 Å². The molecule has 1 aromatic rings. The second kappa shape index (κ2) is 5.76. The van der Waals surface area contributed by atoms with Crippen molar-refractivity contribution in [3.63, 3.8) is 0 Å². The van der Waals surface area contributed by atoms with Crippen molar-refractivity contribution in [3.8, 4) is 0 Å².